The number of nitrogens with two attached hydrogens (primary N) is 1. The monoisotopic (exact) mass is 290 g/mol. The van der Waals surface area contributed by atoms with E-state index in [0.717, 1.165) is 6.07 Å². The first kappa shape index (κ1) is 15.0. The smallest absolute Gasteiger partial charge is 0.241 e. The number of hydrogen-bond acceptors (Lipinski definition) is 3. The van der Waals surface area contributed by atoms with Crippen molar-refractivity contribution < 1.29 is 12.8 Å². The molecule has 100 valence electrons. The first-order valence-corrected chi connectivity index (χ1v) is 7.25. The lowest BCUT2D eigenvalue weighted by Gasteiger charge is -2.16. The summed E-state index contributed by atoms with van der Waals surface area (Å²) in [4.78, 5) is -0.0349. The Morgan fingerprint density at radius 3 is 2.67 bits per heavy atom. The number of aryl methyl sites for hydroxylation is 1. The van der Waals surface area contributed by atoms with Crippen molar-refractivity contribution in [3.05, 3.63) is 29.6 Å². The summed E-state index contributed by atoms with van der Waals surface area (Å²) < 4.78 is 39.7. The highest BCUT2D eigenvalue weighted by Crippen LogP contribution is 2.17. The van der Waals surface area contributed by atoms with E-state index in [4.69, 9.17) is 18.0 Å². The minimum atomic E-state index is -3.83. The minimum absolute atomic E-state index is 0.0649. The molecule has 0 amide bonds. The second-order valence-electron chi connectivity index (χ2n) is 3.89. The topological polar surface area (TPSA) is 72.2 Å². The van der Waals surface area contributed by atoms with Gasteiger partial charge in [0.2, 0.25) is 10.0 Å². The first-order chi connectivity index (χ1) is 8.27. The second kappa shape index (κ2) is 5.73. The third-order valence-corrected chi connectivity index (χ3v) is 4.39. The number of benzene rings is 1. The van der Waals surface area contributed by atoms with Gasteiger partial charge in [-0.05, 0) is 31.0 Å². The van der Waals surface area contributed by atoms with E-state index in [9.17, 15) is 12.8 Å². The van der Waals surface area contributed by atoms with Gasteiger partial charge < -0.3 is 5.73 Å². The molecule has 0 bridgehead atoms. The molecule has 0 fully saturated rings. The highest BCUT2D eigenvalue weighted by atomic mass is 32.2. The molecule has 0 saturated heterocycles. The summed E-state index contributed by atoms with van der Waals surface area (Å²) in [7, 11) is -3.83. The molecule has 0 aliphatic rings. The fourth-order valence-electron chi connectivity index (χ4n) is 1.46. The van der Waals surface area contributed by atoms with Crippen molar-refractivity contribution in [2.24, 2.45) is 5.73 Å². The molecule has 4 nitrogen and oxygen atoms in total. The highest BCUT2D eigenvalue weighted by Gasteiger charge is 2.22. The molecule has 1 rings (SSSR count). The standard InChI is InChI=1S/C11H15FN2O2S2/c1-3-9(11(13)17)14-18(15,16)10-6-8(12)5-4-7(10)2/h4-6,9,14H,3H2,1-2H3,(H2,13,17). The van der Waals surface area contributed by atoms with E-state index < -0.39 is 21.9 Å². The number of rotatable bonds is 5. The summed E-state index contributed by atoms with van der Waals surface area (Å²) in [5.74, 6) is -0.607. The summed E-state index contributed by atoms with van der Waals surface area (Å²) in [6.45, 7) is 3.35. The zero-order valence-corrected chi connectivity index (χ0v) is 11.7. The molecule has 7 heteroatoms. The van der Waals surface area contributed by atoms with Crippen LogP contribution in [0.5, 0.6) is 0 Å². The fourth-order valence-corrected chi connectivity index (χ4v) is 3.31. The van der Waals surface area contributed by atoms with Crippen LogP contribution in [-0.2, 0) is 10.0 Å². The molecule has 1 aromatic rings. The Morgan fingerprint density at radius 1 is 1.56 bits per heavy atom. The van der Waals surface area contributed by atoms with Crippen LogP contribution in [0.4, 0.5) is 4.39 Å². The molecular formula is C11H15FN2O2S2. The number of nitrogens with one attached hydrogen (secondary N) is 1. The van der Waals surface area contributed by atoms with Crippen molar-refractivity contribution >= 4 is 27.2 Å². The van der Waals surface area contributed by atoms with Crippen LogP contribution >= 0.6 is 12.2 Å². The van der Waals surface area contributed by atoms with E-state index >= 15 is 0 Å². The normalized spacial score (nSPS) is 13.3. The first-order valence-electron chi connectivity index (χ1n) is 5.35. The van der Waals surface area contributed by atoms with E-state index in [-0.39, 0.29) is 9.88 Å². The Morgan fingerprint density at radius 2 is 2.17 bits per heavy atom. The Kier molecular flexibility index (Phi) is 4.78. The average molecular weight is 290 g/mol. The summed E-state index contributed by atoms with van der Waals surface area (Å²) >= 11 is 4.77. The van der Waals surface area contributed by atoms with E-state index in [1.807, 2.05) is 0 Å². The number of hydrogen-bond donors (Lipinski definition) is 2. The molecular weight excluding hydrogens is 275 g/mol. The van der Waals surface area contributed by atoms with Gasteiger partial charge in [0.25, 0.3) is 0 Å². The van der Waals surface area contributed by atoms with Crippen molar-refractivity contribution in [2.75, 3.05) is 0 Å². The van der Waals surface area contributed by atoms with E-state index in [2.05, 4.69) is 4.72 Å². The maximum Gasteiger partial charge on any atom is 0.241 e. The van der Waals surface area contributed by atoms with Crippen molar-refractivity contribution in [3.63, 3.8) is 0 Å². The van der Waals surface area contributed by atoms with Gasteiger partial charge in [-0.1, -0.05) is 25.2 Å². The lowest BCUT2D eigenvalue weighted by Crippen LogP contribution is -2.43. The van der Waals surface area contributed by atoms with Crippen LogP contribution in [0, 0.1) is 12.7 Å². The van der Waals surface area contributed by atoms with Crippen LogP contribution < -0.4 is 10.5 Å². The van der Waals surface area contributed by atoms with Crippen molar-refractivity contribution in [1.29, 1.82) is 0 Å². The lowest BCUT2D eigenvalue weighted by atomic mass is 10.2. The quantitative estimate of drug-likeness (QED) is 0.806. The summed E-state index contributed by atoms with van der Waals surface area (Å²) in [5.41, 5.74) is 5.89. The zero-order valence-electron chi connectivity index (χ0n) is 10.1. The van der Waals surface area contributed by atoms with Gasteiger partial charge in [0, 0.05) is 0 Å². The minimum Gasteiger partial charge on any atom is -0.392 e. The molecule has 0 saturated carbocycles. The summed E-state index contributed by atoms with van der Waals surface area (Å²) in [5, 5.41) is 0. The van der Waals surface area contributed by atoms with Crippen LogP contribution in [0.3, 0.4) is 0 Å². The average Bonchev–Trinajstić information content (AvgIpc) is 2.28. The molecule has 3 N–H and O–H groups in total. The highest BCUT2D eigenvalue weighted by molar-refractivity contribution is 7.89. The van der Waals surface area contributed by atoms with E-state index in [1.54, 1.807) is 13.8 Å². The Bertz CT molecular complexity index is 558. The predicted octanol–water partition coefficient (Wildman–Crippen LogP) is 1.48. The molecule has 0 spiro atoms. The molecule has 0 aliphatic heterocycles. The van der Waals surface area contributed by atoms with Gasteiger partial charge in [-0.25, -0.2) is 17.5 Å². The Labute approximate surface area is 111 Å². The van der Waals surface area contributed by atoms with Crippen LogP contribution in [-0.4, -0.2) is 19.4 Å². The van der Waals surface area contributed by atoms with Gasteiger partial charge in [-0.3, -0.25) is 0 Å². The molecule has 0 heterocycles. The largest absolute Gasteiger partial charge is 0.392 e. The predicted molar refractivity (Wildman–Crippen MR) is 72.3 cm³/mol. The van der Waals surface area contributed by atoms with Gasteiger partial charge in [0.05, 0.1) is 15.9 Å². The molecule has 1 aromatic carbocycles. The molecule has 1 atom stereocenters. The molecule has 18 heavy (non-hydrogen) atoms. The van der Waals surface area contributed by atoms with Crippen LogP contribution in [0.1, 0.15) is 18.9 Å². The second-order valence-corrected chi connectivity index (χ2v) is 6.05. The van der Waals surface area contributed by atoms with E-state index in [1.165, 1.54) is 12.1 Å². The maximum absolute atomic E-state index is 13.1. The van der Waals surface area contributed by atoms with Crippen molar-refractivity contribution in [2.45, 2.75) is 31.2 Å². The SMILES string of the molecule is CCC(NS(=O)(=O)c1cc(F)ccc1C)C(N)=S. The van der Waals surface area contributed by atoms with Gasteiger partial charge in [0.15, 0.2) is 0 Å². The number of halogens is 1. The Balaban J connectivity index is 3.14. The van der Waals surface area contributed by atoms with Crippen molar-refractivity contribution in [3.8, 4) is 0 Å². The van der Waals surface area contributed by atoms with Crippen LogP contribution in [0.15, 0.2) is 23.1 Å². The van der Waals surface area contributed by atoms with Gasteiger partial charge in [0.1, 0.15) is 5.82 Å². The number of thiocarbonyl (C=S) groups is 1. The number of sulfonamides is 1. The molecule has 1 unspecified atom stereocenters. The van der Waals surface area contributed by atoms with Crippen LogP contribution in [0.2, 0.25) is 0 Å². The van der Waals surface area contributed by atoms with E-state index in [0.29, 0.717) is 12.0 Å². The van der Waals surface area contributed by atoms with Gasteiger partial charge in [-0.15, -0.1) is 0 Å². The molecule has 0 aliphatic carbocycles. The maximum atomic E-state index is 13.1. The summed E-state index contributed by atoms with van der Waals surface area (Å²) in [6.07, 6.45) is 0.433. The van der Waals surface area contributed by atoms with Crippen LogP contribution in [0.25, 0.3) is 0 Å². The zero-order chi connectivity index (χ0) is 13.9. The molecule has 0 radical (unpaired) electrons. The van der Waals surface area contributed by atoms with Gasteiger partial charge in [-0.2, -0.15) is 0 Å². The third kappa shape index (κ3) is 3.47. The van der Waals surface area contributed by atoms with Gasteiger partial charge >= 0.3 is 0 Å². The van der Waals surface area contributed by atoms with Crippen molar-refractivity contribution in [1.82, 2.24) is 4.72 Å². The fraction of sp³-hybridized carbons (Fsp3) is 0.364. The Hall–Kier alpha value is -1.05. The third-order valence-electron chi connectivity index (χ3n) is 2.49. The summed E-state index contributed by atoms with van der Waals surface area (Å²) in [6, 6.07) is 2.96. The molecule has 0 aromatic heterocycles. The lowest BCUT2D eigenvalue weighted by molar-refractivity contribution is 0.568.